The minimum Gasteiger partial charge on any atom is -0.336 e. The van der Waals surface area contributed by atoms with Gasteiger partial charge in [0.1, 0.15) is 0 Å². The lowest BCUT2D eigenvalue weighted by molar-refractivity contribution is 0.0648. The summed E-state index contributed by atoms with van der Waals surface area (Å²) in [7, 11) is -1.42. The van der Waals surface area contributed by atoms with Crippen LogP contribution in [0.2, 0.25) is 5.02 Å². The van der Waals surface area contributed by atoms with Crippen LogP contribution in [0.5, 0.6) is 0 Å². The van der Waals surface area contributed by atoms with Gasteiger partial charge in [0.15, 0.2) is 11.0 Å². The van der Waals surface area contributed by atoms with E-state index in [1.165, 1.54) is 5.57 Å². The molecular formula is C31H32ClN3O2S. The molecule has 1 amide bonds. The van der Waals surface area contributed by atoms with Gasteiger partial charge >= 0.3 is 0 Å². The third-order valence-corrected chi connectivity index (χ3v) is 8.59. The van der Waals surface area contributed by atoms with Crippen molar-refractivity contribution in [1.29, 1.82) is 0 Å². The summed E-state index contributed by atoms with van der Waals surface area (Å²) in [6, 6.07) is 24.4. The quantitative estimate of drug-likeness (QED) is 0.343. The highest BCUT2D eigenvalue weighted by Crippen LogP contribution is 2.25. The van der Waals surface area contributed by atoms with E-state index in [9.17, 15) is 9.00 Å². The van der Waals surface area contributed by atoms with Crippen molar-refractivity contribution in [3.05, 3.63) is 119 Å². The van der Waals surface area contributed by atoms with Crippen molar-refractivity contribution in [2.45, 2.75) is 24.3 Å². The summed E-state index contributed by atoms with van der Waals surface area (Å²) < 4.78 is 15.4. The predicted molar refractivity (Wildman–Crippen MR) is 156 cm³/mol. The average Bonchev–Trinajstić information content (AvgIpc) is 2.98. The first-order valence-corrected chi connectivity index (χ1v) is 14.5. The van der Waals surface area contributed by atoms with Gasteiger partial charge in [0.05, 0.1) is 17.1 Å². The number of carbonyl (C=O) groups is 1. The Bertz CT molecular complexity index is 1320. The lowest BCUT2D eigenvalue weighted by Gasteiger charge is -2.35. The molecule has 38 heavy (non-hydrogen) atoms. The predicted octanol–water partition coefficient (Wildman–Crippen LogP) is 6.10. The van der Waals surface area contributed by atoms with Gasteiger partial charge in [-0.1, -0.05) is 60.2 Å². The Balaban J connectivity index is 1.27. The van der Waals surface area contributed by atoms with Gasteiger partial charge in [-0.15, -0.1) is 0 Å². The molecular weight excluding hydrogens is 514 g/mol. The molecule has 5 rings (SSSR count). The highest BCUT2D eigenvalue weighted by atomic mass is 35.5. The van der Waals surface area contributed by atoms with E-state index < -0.39 is 11.0 Å². The molecule has 1 heterocycles. The minimum atomic E-state index is -1.42. The maximum Gasteiger partial charge on any atom is 0.253 e. The summed E-state index contributed by atoms with van der Waals surface area (Å²) in [4.78, 5) is 18.3. The molecule has 1 unspecified atom stereocenters. The van der Waals surface area contributed by atoms with Crippen molar-refractivity contribution < 1.29 is 9.00 Å². The second kappa shape index (κ2) is 12.6. The second-order valence-electron chi connectivity index (χ2n) is 9.60. The van der Waals surface area contributed by atoms with Crippen LogP contribution < -0.4 is 4.31 Å². The number of piperazine rings is 1. The molecule has 0 saturated carbocycles. The standard InChI is InChI=1S/C31H32ClN3O2S/c32-28-15-11-26(12-16-28)24-35(38(37)30-9-5-2-6-10-30)29-17-13-27(14-18-29)31(36)34-21-19-33(20-22-34)23-25-7-3-1-4-8-25/h2-3,5-18H,1,4,19-24H2. The number of hydrogen-bond donors (Lipinski definition) is 0. The number of allylic oxidation sites excluding steroid dienone is 2. The van der Waals surface area contributed by atoms with E-state index in [1.54, 1.807) is 0 Å². The highest BCUT2D eigenvalue weighted by molar-refractivity contribution is 7.86. The highest BCUT2D eigenvalue weighted by Gasteiger charge is 2.23. The topological polar surface area (TPSA) is 43.9 Å². The van der Waals surface area contributed by atoms with E-state index in [0.717, 1.165) is 61.7 Å². The van der Waals surface area contributed by atoms with Gasteiger partial charge in [-0.3, -0.25) is 14.0 Å². The van der Waals surface area contributed by atoms with Gasteiger partial charge in [-0.05, 0) is 72.5 Å². The Morgan fingerprint density at radius 2 is 1.58 bits per heavy atom. The van der Waals surface area contributed by atoms with Crippen molar-refractivity contribution in [2.75, 3.05) is 37.0 Å². The fourth-order valence-electron chi connectivity index (χ4n) is 4.77. The van der Waals surface area contributed by atoms with Gasteiger partial charge in [0.25, 0.3) is 5.91 Å². The molecule has 1 aliphatic carbocycles. The molecule has 1 aliphatic heterocycles. The van der Waals surface area contributed by atoms with Crippen LogP contribution in [0.3, 0.4) is 0 Å². The Hall–Kier alpha value is -3.19. The SMILES string of the molecule is O=C(c1ccc(N(Cc2ccc(Cl)cc2)S(=O)c2ccccc2)cc1)N1CCN(CC2=CCCC=C2)CC1. The molecule has 1 fully saturated rings. The van der Waals surface area contributed by atoms with Crippen molar-refractivity contribution >= 4 is 34.2 Å². The van der Waals surface area contributed by atoms with Crippen LogP contribution in [0.1, 0.15) is 28.8 Å². The lowest BCUT2D eigenvalue weighted by atomic mass is 10.1. The largest absolute Gasteiger partial charge is 0.336 e. The Kier molecular flexibility index (Phi) is 8.74. The van der Waals surface area contributed by atoms with E-state index >= 15 is 0 Å². The third-order valence-electron chi connectivity index (χ3n) is 6.92. The monoisotopic (exact) mass is 545 g/mol. The first-order valence-electron chi connectivity index (χ1n) is 13.0. The van der Waals surface area contributed by atoms with Crippen molar-refractivity contribution in [3.8, 4) is 0 Å². The van der Waals surface area contributed by atoms with Crippen LogP contribution in [-0.2, 0) is 17.5 Å². The van der Waals surface area contributed by atoms with Crippen LogP contribution in [0.4, 0.5) is 5.69 Å². The second-order valence-corrected chi connectivity index (χ2v) is 11.4. The van der Waals surface area contributed by atoms with Gasteiger partial charge in [-0.25, -0.2) is 4.21 Å². The van der Waals surface area contributed by atoms with Gasteiger partial charge in [-0.2, -0.15) is 0 Å². The Labute approximate surface area is 232 Å². The number of anilines is 1. The van der Waals surface area contributed by atoms with Gasteiger partial charge in [0.2, 0.25) is 0 Å². The molecule has 0 N–H and O–H groups in total. The number of halogens is 1. The van der Waals surface area contributed by atoms with Crippen molar-refractivity contribution in [2.24, 2.45) is 0 Å². The molecule has 0 aromatic heterocycles. The van der Waals surface area contributed by atoms with Crippen LogP contribution in [0, 0.1) is 0 Å². The normalized spacial score (nSPS) is 16.7. The minimum absolute atomic E-state index is 0.0430. The summed E-state index contributed by atoms with van der Waals surface area (Å²) in [6.07, 6.45) is 9.04. The average molecular weight is 546 g/mol. The van der Waals surface area contributed by atoms with E-state index in [4.69, 9.17) is 11.6 Å². The first kappa shape index (κ1) is 26.4. The zero-order valence-electron chi connectivity index (χ0n) is 21.3. The number of amides is 1. The van der Waals surface area contributed by atoms with Gasteiger partial charge < -0.3 is 4.90 Å². The maximum atomic E-state index is 13.6. The smallest absolute Gasteiger partial charge is 0.253 e. The van der Waals surface area contributed by atoms with Crippen LogP contribution in [-0.4, -0.2) is 52.6 Å². The Morgan fingerprint density at radius 1 is 0.868 bits per heavy atom. The first-order chi connectivity index (χ1) is 18.6. The summed E-state index contributed by atoms with van der Waals surface area (Å²) in [5.74, 6) is 0.0430. The number of rotatable bonds is 8. The lowest BCUT2D eigenvalue weighted by Crippen LogP contribution is -2.49. The molecule has 2 aliphatic rings. The van der Waals surface area contributed by atoms with Crippen LogP contribution in [0.25, 0.3) is 0 Å². The molecule has 3 aromatic carbocycles. The molecule has 0 spiro atoms. The summed E-state index contributed by atoms with van der Waals surface area (Å²) >= 11 is 6.07. The molecule has 3 aromatic rings. The van der Waals surface area contributed by atoms with Crippen LogP contribution in [0.15, 0.2) is 108 Å². The van der Waals surface area contributed by atoms with Crippen molar-refractivity contribution in [1.82, 2.24) is 9.80 Å². The van der Waals surface area contributed by atoms with E-state index in [1.807, 2.05) is 88.1 Å². The molecule has 1 atom stereocenters. The van der Waals surface area contributed by atoms with Crippen LogP contribution >= 0.6 is 11.6 Å². The molecule has 5 nitrogen and oxygen atoms in total. The number of benzene rings is 3. The maximum absolute atomic E-state index is 13.6. The Morgan fingerprint density at radius 3 is 2.24 bits per heavy atom. The summed E-state index contributed by atoms with van der Waals surface area (Å²) in [5, 5.41) is 0.663. The fourth-order valence-corrected chi connectivity index (χ4v) is 6.12. The number of hydrogen-bond acceptors (Lipinski definition) is 3. The van der Waals surface area contributed by atoms with E-state index in [0.29, 0.717) is 17.1 Å². The molecule has 196 valence electrons. The number of carbonyl (C=O) groups excluding carboxylic acids is 1. The zero-order chi connectivity index (χ0) is 26.3. The summed E-state index contributed by atoms with van der Waals surface area (Å²) in [5.41, 5.74) is 3.81. The molecule has 1 saturated heterocycles. The molecule has 0 bridgehead atoms. The van der Waals surface area contributed by atoms with E-state index in [2.05, 4.69) is 23.1 Å². The number of nitrogens with zero attached hydrogens (tertiary/aromatic N) is 3. The van der Waals surface area contributed by atoms with E-state index in [-0.39, 0.29) is 5.91 Å². The molecule has 7 heteroatoms. The van der Waals surface area contributed by atoms with Gasteiger partial charge in [0, 0.05) is 43.3 Å². The third kappa shape index (κ3) is 6.62. The van der Waals surface area contributed by atoms with Crippen molar-refractivity contribution in [3.63, 3.8) is 0 Å². The fraction of sp³-hybridized carbons (Fsp3) is 0.258. The zero-order valence-corrected chi connectivity index (χ0v) is 22.9. The molecule has 0 radical (unpaired) electrons. The summed E-state index contributed by atoms with van der Waals surface area (Å²) in [6.45, 7) is 4.59.